The largest absolute Gasteiger partial charge is 0.494 e. The normalized spacial score (nSPS) is 21.5. The van der Waals surface area contributed by atoms with Crippen molar-refractivity contribution in [2.75, 3.05) is 20.3 Å². The summed E-state index contributed by atoms with van der Waals surface area (Å²) in [4.78, 5) is 0. The van der Waals surface area contributed by atoms with E-state index in [1.807, 2.05) is 0 Å². The minimum absolute atomic E-state index is 0.0564. The molecule has 1 aromatic carbocycles. The molecule has 1 aliphatic rings. The molecule has 2 atom stereocenters. The Kier molecular flexibility index (Phi) is 3.97. The van der Waals surface area contributed by atoms with Crippen LogP contribution >= 0.6 is 0 Å². The number of ether oxygens (including phenoxy) is 2. The molecule has 0 bridgehead atoms. The van der Waals surface area contributed by atoms with Crippen LogP contribution in [0.1, 0.15) is 12.0 Å². The van der Waals surface area contributed by atoms with Gasteiger partial charge in [0.15, 0.2) is 11.6 Å². The Morgan fingerprint density at radius 3 is 3.06 bits per heavy atom. The van der Waals surface area contributed by atoms with Gasteiger partial charge in [-0.05, 0) is 30.4 Å². The highest BCUT2D eigenvalue weighted by atomic mass is 19.1. The van der Waals surface area contributed by atoms with Crippen molar-refractivity contribution in [3.05, 3.63) is 29.6 Å². The lowest BCUT2D eigenvalue weighted by atomic mass is 9.93. The van der Waals surface area contributed by atoms with Crippen LogP contribution in [0.3, 0.4) is 0 Å². The second kappa shape index (κ2) is 5.47. The van der Waals surface area contributed by atoms with Crippen LogP contribution in [0.2, 0.25) is 0 Å². The van der Waals surface area contributed by atoms with Crippen molar-refractivity contribution in [1.29, 1.82) is 0 Å². The van der Waals surface area contributed by atoms with Gasteiger partial charge in [0.05, 0.1) is 13.7 Å². The van der Waals surface area contributed by atoms with Crippen molar-refractivity contribution in [2.24, 2.45) is 11.7 Å². The number of hydrogen-bond donors (Lipinski definition) is 1. The first kappa shape index (κ1) is 12.3. The van der Waals surface area contributed by atoms with Crippen molar-refractivity contribution >= 4 is 0 Å². The Labute approximate surface area is 101 Å². The second-order valence-electron chi connectivity index (χ2n) is 4.43. The number of halogens is 1. The highest BCUT2D eigenvalue weighted by Gasteiger charge is 2.24. The predicted molar refractivity (Wildman–Crippen MR) is 63.6 cm³/mol. The van der Waals surface area contributed by atoms with Gasteiger partial charge in [-0.15, -0.1) is 0 Å². The molecule has 1 heterocycles. The lowest BCUT2D eigenvalue weighted by molar-refractivity contribution is 0.180. The molecule has 1 aromatic rings. The molecule has 0 saturated carbocycles. The van der Waals surface area contributed by atoms with Gasteiger partial charge in [-0.1, -0.05) is 12.1 Å². The van der Waals surface area contributed by atoms with Gasteiger partial charge >= 0.3 is 0 Å². The summed E-state index contributed by atoms with van der Waals surface area (Å²) >= 11 is 0. The summed E-state index contributed by atoms with van der Waals surface area (Å²) in [6.07, 6.45) is 1.49. The van der Waals surface area contributed by atoms with Gasteiger partial charge in [-0.2, -0.15) is 0 Å². The van der Waals surface area contributed by atoms with Crippen molar-refractivity contribution in [1.82, 2.24) is 0 Å². The summed E-state index contributed by atoms with van der Waals surface area (Å²) < 4.78 is 24.2. The van der Waals surface area contributed by atoms with Crippen molar-refractivity contribution in [3.63, 3.8) is 0 Å². The zero-order valence-corrected chi connectivity index (χ0v) is 9.99. The molecule has 94 valence electrons. The van der Waals surface area contributed by atoms with Crippen molar-refractivity contribution in [3.8, 4) is 5.75 Å². The van der Waals surface area contributed by atoms with Crippen LogP contribution in [0, 0.1) is 11.7 Å². The smallest absolute Gasteiger partial charge is 0.168 e. The van der Waals surface area contributed by atoms with E-state index < -0.39 is 0 Å². The summed E-state index contributed by atoms with van der Waals surface area (Å²) in [5.74, 6) is 0.308. The zero-order chi connectivity index (χ0) is 12.3. The van der Waals surface area contributed by atoms with E-state index in [1.165, 1.54) is 7.11 Å². The molecule has 4 heteroatoms. The van der Waals surface area contributed by atoms with E-state index in [9.17, 15) is 4.39 Å². The van der Waals surface area contributed by atoms with Crippen molar-refractivity contribution < 1.29 is 13.9 Å². The summed E-state index contributed by atoms with van der Waals surface area (Å²) in [7, 11) is 1.47. The fourth-order valence-electron chi connectivity index (χ4n) is 2.18. The van der Waals surface area contributed by atoms with Gasteiger partial charge in [0.2, 0.25) is 0 Å². The molecule has 1 saturated heterocycles. The van der Waals surface area contributed by atoms with E-state index in [2.05, 4.69) is 0 Å². The average molecular weight is 239 g/mol. The third-order valence-electron chi connectivity index (χ3n) is 3.29. The van der Waals surface area contributed by atoms with Gasteiger partial charge in [-0.25, -0.2) is 4.39 Å². The summed E-state index contributed by atoms with van der Waals surface area (Å²) in [5, 5.41) is 0. The molecule has 3 nitrogen and oxygen atoms in total. The van der Waals surface area contributed by atoms with Crippen LogP contribution in [-0.2, 0) is 11.2 Å². The molecular formula is C13H18FNO2. The number of hydrogen-bond acceptors (Lipinski definition) is 3. The average Bonchev–Trinajstić information content (AvgIpc) is 2.85. The minimum Gasteiger partial charge on any atom is -0.494 e. The van der Waals surface area contributed by atoms with Crippen LogP contribution in [0.5, 0.6) is 5.75 Å². The quantitative estimate of drug-likeness (QED) is 0.870. The number of benzene rings is 1. The SMILES string of the molecule is COc1cccc(CC(N)C2CCOC2)c1F. The third-order valence-corrected chi connectivity index (χ3v) is 3.29. The van der Waals surface area contributed by atoms with E-state index in [0.29, 0.717) is 24.5 Å². The molecule has 1 fully saturated rings. The van der Waals surface area contributed by atoms with Crippen molar-refractivity contribution in [2.45, 2.75) is 18.9 Å². The minimum atomic E-state index is -0.302. The molecule has 0 radical (unpaired) electrons. The molecule has 0 aliphatic carbocycles. The third kappa shape index (κ3) is 2.76. The van der Waals surface area contributed by atoms with Crippen LogP contribution < -0.4 is 10.5 Å². The van der Waals surface area contributed by atoms with Gasteiger partial charge in [0.25, 0.3) is 0 Å². The van der Waals surface area contributed by atoms with E-state index >= 15 is 0 Å². The molecule has 1 aliphatic heterocycles. The topological polar surface area (TPSA) is 44.5 Å². The molecule has 2 unspecified atom stereocenters. The van der Waals surface area contributed by atoms with Gasteiger partial charge in [0.1, 0.15) is 0 Å². The zero-order valence-electron chi connectivity index (χ0n) is 9.99. The maximum Gasteiger partial charge on any atom is 0.168 e. The van der Waals surface area contributed by atoms with Crippen LogP contribution in [0.4, 0.5) is 4.39 Å². The maximum atomic E-state index is 13.9. The lowest BCUT2D eigenvalue weighted by Crippen LogP contribution is -2.32. The number of rotatable bonds is 4. The van der Waals surface area contributed by atoms with E-state index in [1.54, 1.807) is 18.2 Å². The first-order chi connectivity index (χ1) is 8.22. The van der Waals surface area contributed by atoms with Gasteiger partial charge in [0, 0.05) is 12.6 Å². The highest BCUT2D eigenvalue weighted by molar-refractivity contribution is 5.31. The number of nitrogens with two attached hydrogens (primary N) is 1. The Balaban J connectivity index is 2.07. The summed E-state index contributed by atoms with van der Waals surface area (Å²) in [6.45, 7) is 1.45. The Morgan fingerprint density at radius 1 is 1.59 bits per heavy atom. The predicted octanol–water partition coefficient (Wildman–Crippen LogP) is 1.74. The van der Waals surface area contributed by atoms with Gasteiger partial charge < -0.3 is 15.2 Å². The molecule has 0 aromatic heterocycles. The lowest BCUT2D eigenvalue weighted by Gasteiger charge is -2.18. The monoisotopic (exact) mass is 239 g/mol. The van der Waals surface area contributed by atoms with E-state index in [-0.39, 0.29) is 17.6 Å². The van der Waals surface area contributed by atoms with E-state index in [0.717, 1.165) is 13.0 Å². The summed E-state index contributed by atoms with van der Waals surface area (Å²) in [5.41, 5.74) is 6.70. The van der Waals surface area contributed by atoms with Crippen LogP contribution in [0.25, 0.3) is 0 Å². The molecule has 17 heavy (non-hydrogen) atoms. The Hall–Kier alpha value is -1.13. The first-order valence-corrected chi connectivity index (χ1v) is 5.87. The standard InChI is InChI=1S/C13H18FNO2/c1-16-12-4-2-3-9(13(12)14)7-11(15)10-5-6-17-8-10/h2-4,10-11H,5-8,15H2,1H3. The van der Waals surface area contributed by atoms with Crippen LogP contribution in [0.15, 0.2) is 18.2 Å². The Morgan fingerprint density at radius 2 is 2.41 bits per heavy atom. The maximum absolute atomic E-state index is 13.9. The molecular weight excluding hydrogens is 221 g/mol. The van der Waals surface area contributed by atoms with Crippen LogP contribution in [-0.4, -0.2) is 26.4 Å². The fourth-order valence-corrected chi connectivity index (χ4v) is 2.18. The highest BCUT2D eigenvalue weighted by Crippen LogP contribution is 2.24. The second-order valence-corrected chi connectivity index (χ2v) is 4.43. The van der Waals surface area contributed by atoms with Gasteiger partial charge in [-0.3, -0.25) is 0 Å². The summed E-state index contributed by atoms with van der Waals surface area (Å²) in [6, 6.07) is 5.10. The first-order valence-electron chi connectivity index (χ1n) is 5.87. The van der Waals surface area contributed by atoms with E-state index in [4.69, 9.17) is 15.2 Å². The molecule has 2 N–H and O–H groups in total. The molecule has 2 rings (SSSR count). The fraction of sp³-hybridized carbons (Fsp3) is 0.538. The molecule has 0 amide bonds. The molecule has 0 spiro atoms. The Bertz CT molecular complexity index is 378. The number of methoxy groups -OCH3 is 1.